The molecule has 10 heteroatoms. The number of likely N-dealkylation sites (tertiary alicyclic amines) is 1. The van der Waals surface area contributed by atoms with E-state index in [1.54, 1.807) is 20.8 Å². The number of nitrogens with one attached hydrogen (secondary N) is 1. The first-order valence-electron chi connectivity index (χ1n) is 9.59. The van der Waals surface area contributed by atoms with Gasteiger partial charge in [-0.2, -0.15) is 0 Å². The van der Waals surface area contributed by atoms with Gasteiger partial charge in [0, 0.05) is 20.8 Å². The van der Waals surface area contributed by atoms with E-state index < -0.39 is 37.2 Å². The Kier molecular flexibility index (Phi) is 8.93. The summed E-state index contributed by atoms with van der Waals surface area (Å²) < 4.78 is 27.6. The van der Waals surface area contributed by atoms with Gasteiger partial charge in [-0.25, -0.2) is 4.79 Å². The number of alkyl carbamates (subject to hydrolysis) is 1. The normalized spacial score (nSPS) is 21.1. The SMILES string of the molecule is CC[C@H](C)[C@H](NC(=O)OC(C)(C)C)C(=O)N1CCC[C@H]1C(O)P(=O)(OC)OC. The van der Waals surface area contributed by atoms with E-state index in [0.29, 0.717) is 25.8 Å². The van der Waals surface area contributed by atoms with E-state index in [-0.39, 0.29) is 11.8 Å². The highest BCUT2D eigenvalue weighted by molar-refractivity contribution is 7.54. The first kappa shape index (κ1) is 24.9. The number of rotatable bonds is 8. The molecule has 0 aromatic rings. The molecule has 1 aliphatic rings. The summed E-state index contributed by atoms with van der Waals surface area (Å²) in [6.07, 6.45) is 1.08. The molecule has 1 heterocycles. The highest BCUT2D eigenvalue weighted by atomic mass is 31.2. The van der Waals surface area contributed by atoms with Crippen molar-refractivity contribution in [2.75, 3.05) is 20.8 Å². The highest BCUT2D eigenvalue weighted by Gasteiger charge is 2.46. The maximum Gasteiger partial charge on any atom is 0.408 e. The zero-order valence-corrected chi connectivity index (χ0v) is 18.8. The van der Waals surface area contributed by atoms with Gasteiger partial charge in [-0.05, 0) is 39.5 Å². The minimum Gasteiger partial charge on any atom is -0.444 e. The quantitative estimate of drug-likeness (QED) is 0.578. The van der Waals surface area contributed by atoms with Crippen molar-refractivity contribution in [3.8, 4) is 0 Å². The Bertz CT molecular complexity index is 585. The minimum atomic E-state index is -3.77. The predicted molar refractivity (Wildman–Crippen MR) is 105 cm³/mol. The van der Waals surface area contributed by atoms with Crippen molar-refractivity contribution in [2.45, 2.75) is 77.4 Å². The Morgan fingerprint density at radius 1 is 1.29 bits per heavy atom. The van der Waals surface area contributed by atoms with Gasteiger partial charge in [0.25, 0.3) is 0 Å². The summed E-state index contributed by atoms with van der Waals surface area (Å²) in [5, 5.41) is 13.2. The van der Waals surface area contributed by atoms with Crippen molar-refractivity contribution < 1.29 is 33.0 Å². The zero-order valence-electron chi connectivity index (χ0n) is 17.9. The largest absolute Gasteiger partial charge is 0.444 e. The van der Waals surface area contributed by atoms with Gasteiger partial charge in [0.1, 0.15) is 11.6 Å². The lowest BCUT2D eigenvalue weighted by Gasteiger charge is -2.35. The number of hydrogen-bond donors (Lipinski definition) is 2. The van der Waals surface area contributed by atoms with E-state index in [1.165, 1.54) is 19.1 Å². The smallest absolute Gasteiger partial charge is 0.408 e. The Hall–Kier alpha value is -1.15. The van der Waals surface area contributed by atoms with Crippen molar-refractivity contribution in [1.82, 2.24) is 10.2 Å². The van der Waals surface area contributed by atoms with Gasteiger partial charge in [-0.1, -0.05) is 20.3 Å². The number of carbonyl (C=O) groups excluding carboxylic acids is 2. The van der Waals surface area contributed by atoms with Gasteiger partial charge in [0.15, 0.2) is 5.85 Å². The molecule has 1 fully saturated rings. The maximum absolute atomic E-state index is 13.2. The van der Waals surface area contributed by atoms with Gasteiger partial charge in [0.05, 0.1) is 6.04 Å². The summed E-state index contributed by atoms with van der Waals surface area (Å²) in [7, 11) is -1.37. The second-order valence-electron chi connectivity index (χ2n) is 8.07. The number of carbonyl (C=O) groups is 2. The van der Waals surface area contributed by atoms with E-state index in [4.69, 9.17) is 13.8 Å². The average Bonchev–Trinajstić information content (AvgIpc) is 3.11. The monoisotopic (exact) mass is 422 g/mol. The van der Waals surface area contributed by atoms with Crippen LogP contribution in [0.5, 0.6) is 0 Å². The second-order valence-corrected chi connectivity index (χ2v) is 10.4. The summed E-state index contributed by atoms with van der Waals surface area (Å²) in [4.78, 5) is 26.9. The molecule has 2 amide bonds. The van der Waals surface area contributed by atoms with Crippen LogP contribution in [0.4, 0.5) is 4.79 Å². The van der Waals surface area contributed by atoms with Crippen LogP contribution in [-0.2, 0) is 23.1 Å². The molecule has 1 rings (SSSR count). The molecule has 164 valence electrons. The molecule has 1 aliphatic heterocycles. The maximum atomic E-state index is 13.2. The molecule has 0 aliphatic carbocycles. The third kappa shape index (κ3) is 6.17. The van der Waals surface area contributed by atoms with E-state index in [9.17, 15) is 19.3 Å². The van der Waals surface area contributed by atoms with Crippen LogP contribution < -0.4 is 5.32 Å². The van der Waals surface area contributed by atoms with Crippen LogP contribution in [0.1, 0.15) is 53.9 Å². The van der Waals surface area contributed by atoms with Crippen molar-refractivity contribution in [3.05, 3.63) is 0 Å². The molecule has 0 aromatic carbocycles. The van der Waals surface area contributed by atoms with Gasteiger partial charge in [-0.15, -0.1) is 0 Å². The summed E-state index contributed by atoms with van der Waals surface area (Å²) in [5.41, 5.74) is -0.691. The van der Waals surface area contributed by atoms with Crippen LogP contribution in [0, 0.1) is 5.92 Å². The van der Waals surface area contributed by atoms with E-state index in [2.05, 4.69) is 5.32 Å². The van der Waals surface area contributed by atoms with Crippen LogP contribution in [0.2, 0.25) is 0 Å². The van der Waals surface area contributed by atoms with Crippen LogP contribution in [0.3, 0.4) is 0 Å². The number of amides is 2. The average molecular weight is 422 g/mol. The molecule has 0 spiro atoms. The first-order chi connectivity index (χ1) is 12.9. The molecule has 1 saturated heterocycles. The molecular weight excluding hydrogens is 387 g/mol. The number of nitrogens with zero attached hydrogens (tertiary/aromatic N) is 1. The van der Waals surface area contributed by atoms with Crippen LogP contribution in [0.25, 0.3) is 0 Å². The third-order valence-electron chi connectivity index (χ3n) is 4.91. The zero-order chi connectivity index (χ0) is 21.7. The summed E-state index contributed by atoms with van der Waals surface area (Å²) >= 11 is 0. The number of aliphatic hydroxyl groups excluding tert-OH is 1. The lowest BCUT2D eigenvalue weighted by molar-refractivity contribution is -0.137. The van der Waals surface area contributed by atoms with Crippen molar-refractivity contribution in [3.63, 3.8) is 0 Å². The van der Waals surface area contributed by atoms with E-state index in [0.717, 1.165) is 0 Å². The van der Waals surface area contributed by atoms with Crippen molar-refractivity contribution in [2.24, 2.45) is 5.92 Å². The van der Waals surface area contributed by atoms with E-state index in [1.807, 2.05) is 13.8 Å². The topological polar surface area (TPSA) is 114 Å². The fraction of sp³-hybridized carbons (Fsp3) is 0.889. The Balaban J connectivity index is 3.03. The Morgan fingerprint density at radius 3 is 2.32 bits per heavy atom. The summed E-state index contributed by atoms with van der Waals surface area (Å²) in [5.74, 6) is -1.97. The van der Waals surface area contributed by atoms with Crippen LogP contribution >= 0.6 is 7.60 Å². The molecule has 0 aromatic heterocycles. The molecule has 28 heavy (non-hydrogen) atoms. The Morgan fingerprint density at radius 2 is 1.86 bits per heavy atom. The molecule has 4 atom stereocenters. The molecule has 0 radical (unpaired) electrons. The summed E-state index contributed by atoms with van der Waals surface area (Å²) in [6, 6.07) is -1.54. The van der Waals surface area contributed by atoms with E-state index >= 15 is 0 Å². The molecule has 0 saturated carbocycles. The highest BCUT2D eigenvalue weighted by Crippen LogP contribution is 2.53. The number of ether oxygens (including phenoxy) is 1. The van der Waals surface area contributed by atoms with Gasteiger partial charge in [0.2, 0.25) is 5.91 Å². The van der Waals surface area contributed by atoms with Crippen molar-refractivity contribution >= 4 is 19.6 Å². The fourth-order valence-electron chi connectivity index (χ4n) is 3.17. The lowest BCUT2D eigenvalue weighted by Crippen LogP contribution is -2.55. The first-order valence-corrected chi connectivity index (χ1v) is 11.2. The predicted octanol–water partition coefficient (Wildman–Crippen LogP) is 2.72. The Labute approximate surface area is 167 Å². The fourth-order valence-corrected chi connectivity index (χ4v) is 4.49. The third-order valence-corrected chi connectivity index (χ3v) is 6.92. The van der Waals surface area contributed by atoms with Crippen LogP contribution in [0.15, 0.2) is 0 Å². The molecule has 1 unspecified atom stereocenters. The standard InChI is InChI=1S/C18H35N2O7P/c1-8-12(2)14(19-17(23)27-18(3,4)5)15(21)20-11-9-10-13(20)16(22)28(24,25-6)26-7/h12-14,16,22H,8-11H2,1-7H3,(H,19,23)/t12-,13-,14-,16?/m0/s1. The van der Waals surface area contributed by atoms with Gasteiger partial charge < -0.3 is 29.1 Å². The lowest BCUT2D eigenvalue weighted by atomic mass is 9.97. The molecular formula is C18H35N2O7P. The van der Waals surface area contributed by atoms with Gasteiger partial charge >= 0.3 is 13.7 Å². The van der Waals surface area contributed by atoms with Gasteiger partial charge in [-0.3, -0.25) is 9.36 Å². The van der Waals surface area contributed by atoms with Crippen molar-refractivity contribution in [1.29, 1.82) is 0 Å². The summed E-state index contributed by atoms with van der Waals surface area (Å²) in [6.45, 7) is 9.39. The number of hydrogen-bond acceptors (Lipinski definition) is 7. The number of aliphatic hydroxyl groups is 1. The molecule has 0 bridgehead atoms. The molecule has 2 N–H and O–H groups in total. The minimum absolute atomic E-state index is 0.157. The van der Waals surface area contributed by atoms with Crippen LogP contribution in [-0.4, -0.2) is 66.3 Å². The molecule has 9 nitrogen and oxygen atoms in total. The second kappa shape index (κ2) is 10.1.